The van der Waals surface area contributed by atoms with Crippen LogP contribution in [0.15, 0.2) is 54.1 Å². The molecule has 1 heterocycles. The summed E-state index contributed by atoms with van der Waals surface area (Å²) in [5.74, 6) is -1.11. The SMILES string of the molecule is COC(=O)C(=O)C1=C(c2ccc(OC)cc2)NC(=S)N[C@H]1c1ccccc1Cl. The molecule has 28 heavy (non-hydrogen) atoms. The van der Waals surface area contributed by atoms with Crippen molar-refractivity contribution in [2.24, 2.45) is 0 Å². The Balaban J connectivity index is 2.23. The number of benzene rings is 2. The van der Waals surface area contributed by atoms with Crippen LogP contribution in [0, 0.1) is 0 Å². The van der Waals surface area contributed by atoms with E-state index >= 15 is 0 Å². The first kappa shape index (κ1) is 19.9. The zero-order valence-corrected chi connectivity index (χ0v) is 16.7. The molecular formula is C20H17ClN2O4S. The topological polar surface area (TPSA) is 76.7 Å². The predicted molar refractivity (Wildman–Crippen MR) is 110 cm³/mol. The van der Waals surface area contributed by atoms with Crippen molar-refractivity contribution in [2.45, 2.75) is 6.04 Å². The van der Waals surface area contributed by atoms with Crippen LogP contribution >= 0.6 is 23.8 Å². The summed E-state index contributed by atoms with van der Waals surface area (Å²) >= 11 is 11.7. The number of Topliss-reactive ketones (excluding diaryl/α,β-unsaturated/α-hetero) is 1. The highest BCUT2D eigenvalue weighted by Gasteiger charge is 2.36. The zero-order valence-electron chi connectivity index (χ0n) is 15.1. The number of rotatable bonds is 5. The van der Waals surface area contributed by atoms with Crippen molar-refractivity contribution >= 4 is 46.4 Å². The Morgan fingerprint density at radius 2 is 1.75 bits per heavy atom. The van der Waals surface area contributed by atoms with E-state index in [-0.39, 0.29) is 5.57 Å². The highest BCUT2D eigenvalue weighted by atomic mass is 35.5. The molecule has 1 aliphatic rings. The van der Waals surface area contributed by atoms with Crippen LogP contribution in [-0.4, -0.2) is 31.1 Å². The van der Waals surface area contributed by atoms with E-state index in [1.807, 2.05) is 0 Å². The van der Waals surface area contributed by atoms with Gasteiger partial charge in [0.1, 0.15) is 5.75 Å². The smallest absolute Gasteiger partial charge is 0.379 e. The number of thiocarbonyl (C=S) groups is 1. The average molecular weight is 417 g/mol. The molecule has 0 aliphatic carbocycles. The van der Waals surface area contributed by atoms with E-state index in [0.29, 0.717) is 32.7 Å². The monoisotopic (exact) mass is 416 g/mol. The van der Waals surface area contributed by atoms with Gasteiger partial charge < -0.3 is 20.1 Å². The van der Waals surface area contributed by atoms with E-state index in [9.17, 15) is 9.59 Å². The van der Waals surface area contributed by atoms with Crippen molar-refractivity contribution in [3.8, 4) is 5.75 Å². The summed E-state index contributed by atoms with van der Waals surface area (Å²) in [6.07, 6.45) is 0. The molecule has 2 aromatic rings. The van der Waals surface area contributed by atoms with Crippen LogP contribution in [0.5, 0.6) is 5.75 Å². The van der Waals surface area contributed by atoms with Crippen LogP contribution in [0.1, 0.15) is 17.2 Å². The van der Waals surface area contributed by atoms with Gasteiger partial charge in [-0.2, -0.15) is 0 Å². The molecule has 0 saturated carbocycles. The molecule has 1 atom stereocenters. The maximum absolute atomic E-state index is 12.9. The van der Waals surface area contributed by atoms with Gasteiger partial charge in [0, 0.05) is 5.02 Å². The summed E-state index contributed by atoms with van der Waals surface area (Å²) < 4.78 is 9.84. The summed E-state index contributed by atoms with van der Waals surface area (Å²) in [7, 11) is 2.72. The summed E-state index contributed by atoms with van der Waals surface area (Å²) in [6.45, 7) is 0. The van der Waals surface area contributed by atoms with Crippen LogP contribution in [0.2, 0.25) is 5.02 Å². The first-order chi connectivity index (χ1) is 13.5. The molecule has 0 fully saturated rings. The number of carbonyl (C=O) groups excluding carboxylic acids is 2. The van der Waals surface area contributed by atoms with E-state index in [1.54, 1.807) is 55.6 Å². The fraction of sp³-hybridized carbons (Fsp3) is 0.150. The lowest BCUT2D eigenvalue weighted by molar-refractivity contribution is -0.150. The van der Waals surface area contributed by atoms with E-state index in [4.69, 9.17) is 28.6 Å². The molecule has 1 aliphatic heterocycles. The van der Waals surface area contributed by atoms with Gasteiger partial charge in [-0.3, -0.25) is 4.79 Å². The Labute approximate surface area is 172 Å². The molecule has 0 spiro atoms. The fourth-order valence-corrected chi connectivity index (χ4v) is 3.40. The molecule has 3 rings (SSSR count). The van der Waals surface area contributed by atoms with Gasteiger partial charge in [0.2, 0.25) is 0 Å². The number of ketones is 1. The van der Waals surface area contributed by atoms with Gasteiger partial charge in [-0.1, -0.05) is 29.8 Å². The first-order valence-corrected chi connectivity index (χ1v) is 9.08. The van der Waals surface area contributed by atoms with Crippen LogP contribution in [0.3, 0.4) is 0 Å². The quantitative estimate of drug-likeness (QED) is 0.440. The number of ether oxygens (including phenoxy) is 2. The molecule has 2 aromatic carbocycles. The fourth-order valence-electron chi connectivity index (χ4n) is 2.94. The van der Waals surface area contributed by atoms with Crippen LogP contribution in [0.4, 0.5) is 0 Å². The maximum Gasteiger partial charge on any atom is 0.379 e. The van der Waals surface area contributed by atoms with Gasteiger partial charge in [0.05, 0.1) is 31.5 Å². The summed E-state index contributed by atoms with van der Waals surface area (Å²) in [6, 6.07) is 13.4. The first-order valence-electron chi connectivity index (χ1n) is 8.29. The molecule has 8 heteroatoms. The number of carbonyl (C=O) groups is 2. The average Bonchev–Trinajstić information content (AvgIpc) is 2.72. The molecular weight excluding hydrogens is 400 g/mol. The zero-order chi connectivity index (χ0) is 20.3. The van der Waals surface area contributed by atoms with Crippen molar-refractivity contribution in [3.05, 3.63) is 70.3 Å². The second-order valence-corrected chi connectivity index (χ2v) is 6.71. The maximum atomic E-state index is 12.9. The minimum absolute atomic E-state index is 0.165. The van der Waals surface area contributed by atoms with Crippen molar-refractivity contribution in [1.82, 2.24) is 10.6 Å². The number of nitrogens with one attached hydrogen (secondary N) is 2. The summed E-state index contributed by atoms with van der Waals surface area (Å²) in [5, 5.41) is 6.76. The van der Waals surface area contributed by atoms with Crippen LogP contribution in [-0.2, 0) is 14.3 Å². The molecule has 144 valence electrons. The van der Waals surface area contributed by atoms with Crippen LogP contribution in [0.25, 0.3) is 5.70 Å². The molecule has 0 amide bonds. The van der Waals surface area contributed by atoms with E-state index in [1.165, 1.54) is 0 Å². The largest absolute Gasteiger partial charge is 0.497 e. The van der Waals surface area contributed by atoms with Crippen molar-refractivity contribution < 1.29 is 19.1 Å². The minimum atomic E-state index is -0.977. The van der Waals surface area contributed by atoms with Crippen molar-refractivity contribution in [2.75, 3.05) is 14.2 Å². The van der Waals surface area contributed by atoms with Gasteiger partial charge in [-0.05, 0) is 53.7 Å². The van der Waals surface area contributed by atoms with Crippen LogP contribution < -0.4 is 15.4 Å². The Bertz CT molecular complexity index is 972. The van der Waals surface area contributed by atoms with Crippen molar-refractivity contribution in [1.29, 1.82) is 0 Å². The van der Waals surface area contributed by atoms with Gasteiger partial charge >= 0.3 is 5.97 Å². The van der Waals surface area contributed by atoms with Gasteiger partial charge in [0.25, 0.3) is 5.78 Å². The van der Waals surface area contributed by atoms with E-state index < -0.39 is 17.8 Å². The van der Waals surface area contributed by atoms with E-state index in [2.05, 4.69) is 15.4 Å². The molecule has 0 unspecified atom stereocenters. The number of halogens is 1. The van der Waals surface area contributed by atoms with Gasteiger partial charge in [-0.25, -0.2) is 4.79 Å². The Morgan fingerprint density at radius 3 is 2.36 bits per heavy atom. The second-order valence-electron chi connectivity index (χ2n) is 5.89. The lowest BCUT2D eigenvalue weighted by atomic mass is 9.90. The Kier molecular flexibility index (Phi) is 5.96. The van der Waals surface area contributed by atoms with Crippen molar-refractivity contribution in [3.63, 3.8) is 0 Å². The Morgan fingerprint density at radius 1 is 1.07 bits per heavy atom. The molecule has 0 bridgehead atoms. The minimum Gasteiger partial charge on any atom is -0.497 e. The lowest BCUT2D eigenvalue weighted by Crippen LogP contribution is -2.46. The third-order valence-electron chi connectivity index (χ3n) is 4.28. The van der Waals surface area contributed by atoms with Gasteiger partial charge in [0.15, 0.2) is 5.11 Å². The highest BCUT2D eigenvalue weighted by Crippen LogP contribution is 2.35. The number of hydrogen-bond acceptors (Lipinski definition) is 5. The van der Waals surface area contributed by atoms with Gasteiger partial charge in [-0.15, -0.1) is 0 Å². The normalized spacial score (nSPS) is 16.1. The highest BCUT2D eigenvalue weighted by molar-refractivity contribution is 7.80. The predicted octanol–water partition coefficient (Wildman–Crippen LogP) is 3.02. The molecule has 0 aromatic heterocycles. The summed E-state index contributed by atoms with van der Waals surface area (Å²) in [4.78, 5) is 25.0. The number of methoxy groups -OCH3 is 2. The third-order valence-corrected chi connectivity index (χ3v) is 4.85. The number of hydrogen-bond donors (Lipinski definition) is 2. The van der Waals surface area contributed by atoms with E-state index in [0.717, 1.165) is 7.11 Å². The molecule has 2 N–H and O–H groups in total. The number of esters is 1. The molecule has 0 radical (unpaired) electrons. The third kappa shape index (κ3) is 3.85. The second kappa shape index (κ2) is 8.41. The molecule has 0 saturated heterocycles. The standard InChI is InChI=1S/C20H17ClN2O4S/c1-26-12-9-7-11(8-10-12)16-15(18(24)19(25)27-2)17(23-20(28)22-16)13-5-3-4-6-14(13)21/h3-10,17H,1-2H3,(H2,22,23,28)/t17-/m0/s1. The lowest BCUT2D eigenvalue weighted by Gasteiger charge is -2.31. The molecule has 6 nitrogen and oxygen atoms in total. The summed E-state index contributed by atoms with van der Waals surface area (Å²) in [5.41, 5.74) is 1.85. The Hall–Kier alpha value is -2.90.